The van der Waals surface area contributed by atoms with Crippen molar-refractivity contribution in [2.45, 2.75) is 6.18 Å². The number of anilines is 1. The molecule has 3 rings (SSSR count). The van der Waals surface area contributed by atoms with Crippen LogP contribution in [0, 0.1) is 11.6 Å². The number of halogens is 7. The maximum absolute atomic E-state index is 14.9. The number of nitrogens with one attached hydrogen (secondary N) is 1. The van der Waals surface area contributed by atoms with Gasteiger partial charge in [-0.1, -0.05) is 29.3 Å². The van der Waals surface area contributed by atoms with Crippen molar-refractivity contribution in [3.63, 3.8) is 0 Å². The Morgan fingerprint density at radius 2 is 1.74 bits per heavy atom. The Kier molecular flexibility index (Phi) is 7.27. The van der Waals surface area contributed by atoms with Gasteiger partial charge in [-0.2, -0.15) is 13.2 Å². The first-order chi connectivity index (χ1) is 15.9. The van der Waals surface area contributed by atoms with Gasteiger partial charge in [0.1, 0.15) is 17.4 Å². The summed E-state index contributed by atoms with van der Waals surface area (Å²) in [5, 5.41) is 10.8. The second-order valence-electron chi connectivity index (χ2n) is 6.64. The summed E-state index contributed by atoms with van der Waals surface area (Å²) in [5.41, 5.74) is -2.42. The number of hydrogen-bond acceptors (Lipinski definition) is 4. The van der Waals surface area contributed by atoms with E-state index in [0.717, 1.165) is 24.4 Å². The van der Waals surface area contributed by atoms with E-state index in [1.807, 2.05) is 0 Å². The highest BCUT2D eigenvalue weighted by atomic mass is 35.5. The van der Waals surface area contributed by atoms with Crippen molar-refractivity contribution in [2.24, 2.45) is 0 Å². The molecular weight excluding hydrogens is 510 g/mol. The third-order valence-electron chi connectivity index (χ3n) is 4.27. The quantitative estimate of drug-likeness (QED) is 0.376. The van der Waals surface area contributed by atoms with E-state index < -0.39 is 64.4 Å². The van der Waals surface area contributed by atoms with Gasteiger partial charge in [-0.15, -0.1) is 0 Å². The molecule has 1 amide bonds. The van der Waals surface area contributed by atoms with Crippen molar-refractivity contribution >= 4 is 40.8 Å². The zero-order chi connectivity index (χ0) is 25.2. The zero-order valence-corrected chi connectivity index (χ0v) is 18.0. The number of para-hydroxylation sites is 1. The molecule has 1 aromatic heterocycles. The van der Waals surface area contributed by atoms with Gasteiger partial charge in [0.25, 0.3) is 5.91 Å². The first kappa shape index (κ1) is 25.2. The lowest BCUT2D eigenvalue weighted by molar-refractivity contribution is -0.153. The molecule has 178 valence electrons. The fraction of sp³-hybridized carbons (Fsp3) is 0.0952. The molecule has 0 saturated heterocycles. The number of carboxylic acids is 1. The Morgan fingerprint density at radius 3 is 2.35 bits per heavy atom. The number of carbonyl (C=O) groups excluding carboxylic acids is 1. The lowest BCUT2D eigenvalue weighted by Crippen LogP contribution is -2.22. The number of rotatable bonds is 6. The number of carbonyl (C=O) groups is 2. The van der Waals surface area contributed by atoms with Crippen LogP contribution in [-0.4, -0.2) is 34.8 Å². The molecule has 0 aliphatic carbocycles. The average Bonchev–Trinajstić information content (AvgIpc) is 2.75. The molecule has 0 unspecified atom stereocenters. The van der Waals surface area contributed by atoms with E-state index in [0.29, 0.717) is 6.07 Å². The molecule has 3 aromatic rings. The number of pyridine rings is 1. The van der Waals surface area contributed by atoms with Gasteiger partial charge in [0.2, 0.25) is 0 Å². The standard InChI is InChI=1S/C21H11Cl2F5N2O4/c22-12-2-1-3-14(24)18(12)30-19(31)11-4-15(25)10(6-17(11)34-8-21(26,27)28)16-5-9(20(32)33)13(23)7-29-16/h1-7H,8H2,(H,30,31)(H,32,33). The molecule has 0 atom stereocenters. The van der Waals surface area contributed by atoms with Gasteiger partial charge in [-0.3, -0.25) is 9.78 Å². The minimum absolute atomic E-state index is 0.213. The van der Waals surface area contributed by atoms with Crippen molar-refractivity contribution in [1.29, 1.82) is 0 Å². The highest BCUT2D eigenvalue weighted by molar-refractivity contribution is 6.34. The third-order valence-corrected chi connectivity index (χ3v) is 4.88. The van der Waals surface area contributed by atoms with Crippen molar-refractivity contribution in [1.82, 2.24) is 4.98 Å². The summed E-state index contributed by atoms with van der Waals surface area (Å²) in [6, 6.07) is 5.65. The van der Waals surface area contributed by atoms with Crippen molar-refractivity contribution in [3.05, 3.63) is 75.4 Å². The molecule has 0 radical (unpaired) electrons. The minimum atomic E-state index is -4.81. The fourth-order valence-electron chi connectivity index (χ4n) is 2.75. The Balaban J connectivity index is 2.09. The van der Waals surface area contributed by atoms with Crippen LogP contribution in [0.3, 0.4) is 0 Å². The molecular formula is C21H11Cl2F5N2O4. The summed E-state index contributed by atoms with van der Waals surface area (Å²) in [6.07, 6.45) is -3.90. The number of aromatic carboxylic acids is 1. The molecule has 6 nitrogen and oxygen atoms in total. The van der Waals surface area contributed by atoms with Crippen LogP contribution in [0.15, 0.2) is 42.6 Å². The van der Waals surface area contributed by atoms with Crippen LogP contribution in [0.4, 0.5) is 27.6 Å². The lowest BCUT2D eigenvalue weighted by Gasteiger charge is -2.16. The van der Waals surface area contributed by atoms with Gasteiger partial charge in [-0.25, -0.2) is 13.6 Å². The Hall–Kier alpha value is -3.44. The smallest absolute Gasteiger partial charge is 0.422 e. The second-order valence-corrected chi connectivity index (χ2v) is 7.45. The van der Waals surface area contributed by atoms with Crippen LogP contribution in [0.5, 0.6) is 5.75 Å². The van der Waals surface area contributed by atoms with Crippen LogP contribution in [0.25, 0.3) is 11.3 Å². The fourth-order valence-corrected chi connectivity index (χ4v) is 3.15. The van der Waals surface area contributed by atoms with E-state index in [9.17, 15) is 36.6 Å². The number of benzene rings is 2. The molecule has 0 saturated carbocycles. The number of hydrogen-bond donors (Lipinski definition) is 2. The van der Waals surface area contributed by atoms with Crippen LogP contribution in [-0.2, 0) is 0 Å². The normalized spacial score (nSPS) is 11.3. The number of amides is 1. The van der Waals surface area contributed by atoms with Gasteiger partial charge in [0.05, 0.1) is 32.6 Å². The van der Waals surface area contributed by atoms with E-state index >= 15 is 0 Å². The van der Waals surface area contributed by atoms with E-state index in [2.05, 4.69) is 10.3 Å². The van der Waals surface area contributed by atoms with Crippen molar-refractivity contribution in [3.8, 4) is 17.0 Å². The highest BCUT2D eigenvalue weighted by Crippen LogP contribution is 2.33. The maximum atomic E-state index is 14.9. The summed E-state index contributed by atoms with van der Waals surface area (Å²) in [4.78, 5) is 27.8. The molecule has 2 N–H and O–H groups in total. The number of ether oxygens (including phenoxy) is 1. The zero-order valence-electron chi connectivity index (χ0n) is 16.5. The first-order valence-corrected chi connectivity index (χ1v) is 9.80. The highest BCUT2D eigenvalue weighted by Gasteiger charge is 2.30. The summed E-state index contributed by atoms with van der Waals surface area (Å²) in [5.74, 6) is -5.50. The first-order valence-electron chi connectivity index (χ1n) is 9.05. The topological polar surface area (TPSA) is 88.5 Å². The van der Waals surface area contributed by atoms with E-state index in [1.54, 1.807) is 0 Å². The maximum Gasteiger partial charge on any atom is 0.422 e. The largest absolute Gasteiger partial charge is 0.483 e. The summed E-state index contributed by atoms with van der Waals surface area (Å²) >= 11 is 11.6. The molecule has 0 fully saturated rings. The Morgan fingerprint density at radius 1 is 1.03 bits per heavy atom. The van der Waals surface area contributed by atoms with Gasteiger partial charge in [0.15, 0.2) is 6.61 Å². The molecule has 1 heterocycles. The third kappa shape index (κ3) is 5.72. The van der Waals surface area contributed by atoms with Crippen LogP contribution in [0.1, 0.15) is 20.7 Å². The Labute approximate surface area is 197 Å². The minimum Gasteiger partial charge on any atom is -0.483 e. The number of nitrogens with zero attached hydrogens (tertiary/aromatic N) is 1. The molecule has 13 heteroatoms. The van der Waals surface area contributed by atoms with Crippen molar-refractivity contribution < 1.29 is 41.4 Å². The number of alkyl halides is 3. The van der Waals surface area contributed by atoms with Crippen molar-refractivity contribution in [2.75, 3.05) is 11.9 Å². The number of carboxylic acid groups (broad SMARTS) is 1. The molecule has 2 aromatic carbocycles. The summed E-state index contributed by atoms with van der Waals surface area (Å²) < 4.78 is 71.9. The van der Waals surface area contributed by atoms with Gasteiger partial charge in [0, 0.05) is 11.8 Å². The molecule has 0 bridgehead atoms. The van der Waals surface area contributed by atoms with E-state index in [1.165, 1.54) is 12.1 Å². The van der Waals surface area contributed by atoms with Crippen LogP contribution >= 0.6 is 23.2 Å². The number of aromatic nitrogens is 1. The monoisotopic (exact) mass is 520 g/mol. The molecule has 0 aliphatic rings. The van der Waals surface area contributed by atoms with Gasteiger partial charge >= 0.3 is 12.1 Å². The summed E-state index contributed by atoms with van der Waals surface area (Å²) in [6.45, 7) is -1.84. The predicted molar refractivity (Wildman–Crippen MR) is 113 cm³/mol. The predicted octanol–water partition coefficient (Wildman–Crippen LogP) is 6.23. The summed E-state index contributed by atoms with van der Waals surface area (Å²) in [7, 11) is 0. The lowest BCUT2D eigenvalue weighted by atomic mass is 10.0. The Bertz CT molecular complexity index is 1260. The SMILES string of the molecule is O=C(O)c1cc(-c2cc(OCC(F)(F)F)c(C(=O)Nc3c(F)cccc3Cl)cc2F)ncc1Cl. The van der Waals surface area contributed by atoms with Gasteiger partial charge in [-0.05, 0) is 30.3 Å². The van der Waals surface area contributed by atoms with E-state index in [4.69, 9.17) is 27.9 Å². The molecule has 34 heavy (non-hydrogen) atoms. The second kappa shape index (κ2) is 9.82. The van der Waals surface area contributed by atoms with Crippen LogP contribution in [0.2, 0.25) is 10.0 Å². The van der Waals surface area contributed by atoms with Gasteiger partial charge < -0.3 is 15.2 Å². The van der Waals surface area contributed by atoms with E-state index in [-0.39, 0.29) is 15.7 Å². The molecule has 0 aliphatic heterocycles. The average molecular weight is 521 g/mol. The molecule has 0 spiro atoms. The van der Waals surface area contributed by atoms with Crippen LogP contribution < -0.4 is 10.1 Å².